The lowest BCUT2D eigenvalue weighted by molar-refractivity contribution is 0.626. The Morgan fingerprint density at radius 2 is 2.13 bits per heavy atom. The molecule has 0 amide bonds. The van der Waals surface area contributed by atoms with Crippen molar-refractivity contribution in [1.29, 1.82) is 5.26 Å². The number of nitrogens with one attached hydrogen (secondary N) is 1. The first kappa shape index (κ1) is 10.8. The molecule has 0 spiro atoms. The summed E-state index contributed by atoms with van der Waals surface area (Å²) < 4.78 is 0. The van der Waals surface area contributed by atoms with Gasteiger partial charge in [-0.15, -0.1) is 0 Å². The van der Waals surface area contributed by atoms with Gasteiger partial charge in [0.1, 0.15) is 6.04 Å². The highest BCUT2D eigenvalue weighted by atomic mass is 35.5. The van der Waals surface area contributed by atoms with Crippen molar-refractivity contribution in [1.82, 2.24) is 5.32 Å². The van der Waals surface area contributed by atoms with E-state index in [2.05, 4.69) is 11.4 Å². The Morgan fingerprint density at radius 1 is 1.40 bits per heavy atom. The van der Waals surface area contributed by atoms with E-state index in [0.717, 1.165) is 18.4 Å². The second-order valence-electron chi connectivity index (χ2n) is 3.67. The first-order chi connectivity index (χ1) is 7.20. The third kappa shape index (κ3) is 2.63. The fourth-order valence-corrected chi connectivity index (χ4v) is 1.83. The van der Waals surface area contributed by atoms with E-state index in [9.17, 15) is 0 Å². The van der Waals surface area contributed by atoms with Crippen molar-refractivity contribution in [3.05, 3.63) is 33.8 Å². The van der Waals surface area contributed by atoms with Crippen molar-refractivity contribution in [3.63, 3.8) is 0 Å². The van der Waals surface area contributed by atoms with Gasteiger partial charge < -0.3 is 0 Å². The molecule has 0 saturated heterocycles. The molecule has 0 heterocycles. The number of benzene rings is 1. The van der Waals surface area contributed by atoms with Gasteiger partial charge in [0.15, 0.2) is 0 Å². The second-order valence-corrected chi connectivity index (χ2v) is 4.51. The zero-order valence-corrected chi connectivity index (χ0v) is 9.52. The highest BCUT2D eigenvalue weighted by molar-refractivity contribution is 6.33. The minimum atomic E-state index is -0.358. The second kappa shape index (κ2) is 4.40. The molecule has 1 N–H and O–H groups in total. The number of nitriles is 1. The van der Waals surface area contributed by atoms with Gasteiger partial charge >= 0.3 is 0 Å². The summed E-state index contributed by atoms with van der Waals surface area (Å²) in [4.78, 5) is 0. The van der Waals surface area contributed by atoms with Crippen LogP contribution in [0.1, 0.15) is 24.4 Å². The van der Waals surface area contributed by atoms with Crippen molar-refractivity contribution in [2.45, 2.75) is 24.9 Å². The molecular formula is C11H10Cl2N2. The summed E-state index contributed by atoms with van der Waals surface area (Å²) >= 11 is 11.9. The van der Waals surface area contributed by atoms with Crippen LogP contribution in [-0.4, -0.2) is 6.04 Å². The molecule has 0 bridgehead atoms. The predicted molar refractivity (Wildman–Crippen MR) is 61.0 cm³/mol. The van der Waals surface area contributed by atoms with Crippen LogP contribution < -0.4 is 5.32 Å². The van der Waals surface area contributed by atoms with Crippen molar-refractivity contribution in [2.24, 2.45) is 0 Å². The number of hydrogen-bond acceptors (Lipinski definition) is 2. The third-order valence-corrected chi connectivity index (χ3v) is 2.96. The summed E-state index contributed by atoms with van der Waals surface area (Å²) in [5.41, 5.74) is 0.763. The molecule has 4 heteroatoms. The molecule has 1 unspecified atom stereocenters. The third-order valence-electron chi connectivity index (χ3n) is 2.38. The van der Waals surface area contributed by atoms with Crippen molar-refractivity contribution >= 4 is 23.2 Å². The van der Waals surface area contributed by atoms with Gasteiger partial charge in [0.25, 0.3) is 0 Å². The van der Waals surface area contributed by atoms with Crippen LogP contribution in [0.3, 0.4) is 0 Å². The summed E-state index contributed by atoms with van der Waals surface area (Å²) in [5, 5.41) is 13.5. The van der Waals surface area contributed by atoms with E-state index in [-0.39, 0.29) is 6.04 Å². The number of halogens is 2. The highest BCUT2D eigenvalue weighted by Crippen LogP contribution is 2.29. The maximum Gasteiger partial charge on any atom is 0.123 e. The SMILES string of the molecule is N#CC(NC1CC1)c1cc(Cl)ccc1Cl. The Labute approximate surface area is 98.8 Å². The number of rotatable bonds is 3. The Balaban J connectivity index is 2.24. The molecule has 1 saturated carbocycles. The quantitative estimate of drug-likeness (QED) is 0.881. The zero-order chi connectivity index (χ0) is 10.8. The van der Waals surface area contributed by atoms with Crippen molar-refractivity contribution in [3.8, 4) is 6.07 Å². The Morgan fingerprint density at radius 3 is 2.73 bits per heavy atom. The molecule has 1 aromatic carbocycles. The molecule has 0 aliphatic heterocycles. The Bertz CT molecular complexity index is 408. The number of nitrogens with zero attached hydrogens (tertiary/aromatic N) is 1. The lowest BCUT2D eigenvalue weighted by Gasteiger charge is -2.12. The lowest BCUT2D eigenvalue weighted by atomic mass is 10.1. The van der Waals surface area contributed by atoms with Crippen LogP contribution in [0.5, 0.6) is 0 Å². The van der Waals surface area contributed by atoms with Gasteiger partial charge in [-0.3, -0.25) is 5.32 Å². The average Bonchev–Trinajstić information content (AvgIpc) is 3.02. The van der Waals surface area contributed by atoms with Gasteiger partial charge in [0, 0.05) is 21.7 Å². The molecule has 15 heavy (non-hydrogen) atoms. The molecule has 1 aliphatic rings. The summed E-state index contributed by atoms with van der Waals surface area (Å²) in [6.07, 6.45) is 2.27. The summed E-state index contributed by atoms with van der Waals surface area (Å²) in [6.45, 7) is 0. The van der Waals surface area contributed by atoms with Crippen LogP contribution >= 0.6 is 23.2 Å². The van der Waals surface area contributed by atoms with E-state index < -0.39 is 0 Å². The fourth-order valence-electron chi connectivity index (χ4n) is 1.42. The van der Waals surface area contributed by atoms with E-state index in [1.165, 1.54) is 0 Å². The largest absolute Gasteiger partial charge is 0.295 e. The van der Waals surface area contributed by atoms with Crippen LogP contribution in [0.2, 0.25) is 10.0 Å². The zero-order valence-electron chi connectivity index (χ0n) is 8.00. The van der Waals surface area contributed by atoms with E-state index in [1.54, 1.807) is 18.2 Å². The highest BCUT2D eigenvalue weighted by Gasteiger charge is 2.26. The first-order valence-electron chi connectivity index (χ1n) is 4.81. The minimum Gasteiger partial charge on any atom is -0.295 e. The molecule has 0 aromatic heterocycles. The van der Waals surface area contributed by atoms with Gasteiger partial charge in [-0.2, -0.15) is 5.26 Å². The smallest absolute Gasteiger partial charge is 0.123 e. The van der Waals surface area contributed by atoms with Crippen molar-refractivity contribution in [2.75, 3.05) is 0 Å². The molecule has 0 radical (unpaired) electrons. The molecule has 1 aliphatic carbocycles. The van der Waals surface area contributed by atoms with Gasteiger partial charge in [-0.25, -0.2) is 0 Å². The van der Waals surface area contributed by atoms with Gasteiger partial charge in [-0.05, 0) is 31.0 Å². The van der Waals surface area contributed by atoms with Gasteiger partial charge in [0.05, 0.1) is 6.07 Å². The van der Waals surface area contributed by atoms with Crippen molar-refractivity contribution < 1.29 is 0 Å². The topological polar surface area (TPSA) is 35.8 Å². The minimum absolute atomic E-state index is 0.358. The van der Waals surface area contributed by atoms with Gasteiger partial charge in [0.2, 0.25) is 0 Å². The standard InChI is InChI=1S/C11H10Cl2N2/c12-7-1-4-10(13)9(5-7)11(6-14)15-8-2-3-8/h1,4-5,8,11,15H,2-3H2. The van der Waals surface area contributed by atoms with Crippen LogP contribution in [-0.2, 0) is 0 Å². The fraction of sp³-hybridized carbons (Fsp3) is 0.364. The number of hydrogen-bond donors (Lipinski definition) is 1. The summed E-state index contributed by atoms with van der Waals surface area (Å²) in [7, 11) is 0. The average molecular weight is 241 g/mol. The normalized spacial score (nSPS) is 17.1. The first-order valence-corrected chi connectivity index (χ1v) is 5.57. The molecular weight excluding hydrogens is 231 g/mol. The molecule has 1 fully saturated rings. The predicted octanol–water partition coefficient (Wildman–Crippen LogP) is 3.31. The Kier molecular flexibility index (Phi) is 3.16. The maximum atomic E-state index is 9.06. The van der Waals surface area contributed by atoms with E-state index in [4.69, 9.17) is 28.5 Å². The lowest BCUT2D eigenvalue weighted by Crippen LogP contribution is -2.22. The van der Waals surface area contributed by atoms with Crippen LogP contribution in [0.4, 0.5) is 0 Å². The van der Waals surface area contributed by atoms with E-state index in [1.807, 2.05) is 0 Å². The maximum absolute atomic E-state index is 9.06. The molecule has 1 atom stereocenters. The van der Waals surface area contributed by atoms with E-state index >= 15 is 0 Å². The van der Waals surface area contributed by atoms with Crippen LogP contribution in [0, 0.1) is 11.3 Å². The molecule has 2 rings (SSSR count). The Hall–Kier alpha value is -0.750. The monoisotopic (exact) mass is 240 g/mol. The summed E-state index contributed by atoms with van der Waals surface area (Å²) in [5.74, 6) is 0. The molecule has 1 aromatic rings. The summed E-state index contributed by atoms with van der Waals surface area (Å²) in [6, 6.07) is 7.49. The van der Waals surface area contributed by atoms with Gasteiger partial charge in [-0.1, -0.05) is 23.2 Å². The molecule has 78 valence electrons. The van der Waals surface area contributed by atoms with Crippen LogP contribution in [0.25, 0.3) is 0 Å². The van der Waals surface area contributed by atoms with E-state index in [0.29, 0.717) is 16.1 Å². The van der Waals surface area contributed by atoms with Crippen LogP contribution in [0.15, 0.2) is 18.2 Å². The molecule has 2 nitrogen and oxygen atoms in total.